The number of benzene rings is 1. The Hall–Kier alpha value is -1.31. The first kappa shape index (κ1) is 14.6. The van der Waals surface area contributed by atoms with Gasteiger partial charge in [0.05, 0.1) is 0 Å². The number of nitrogens with one attached hydrogen (secondary N) is 2. The zero-order valence-electron chi connectivity index (χ0n) is 12.0. The smallest absolute Gasteiger partial charge is 0.244 e. The highest BCUT2D eigenvalue weighted by molar-refractivity contribution is 7.89. The van der Waals surface area contributed by atoms with Gasteiger partial charge in [-0.2, -0.15) is 0 Å². The highest BCUT2D eigenvalue weighted by Crippen LogP contribution is 2.36. The van der Waals surface area contributed by atoms with Crippen LogP contribution in [0.3, 0.4) is 0 Å². The maximum atomic E-state index is 12.6. The van der Waals surface area contributed by atoms with Gasteiger partial charge >= 0.3 is 0 Å². The van der Waals surface area contributed by atoms with Gasteiger partial charge in [-0.25, -0.2) is 13.1 Å². The van der Waals surface area contributed by atoms with Crippen molar-refractivity contribution in [3.05, 3.63) is 18.2 Å². The molecule has 21 heavy (non-hydrogen) atoms. The molecule has 1 fully saturated rings. The molecule has 0 amide bonds. The molecule has 6 nitrogen and oxygen atoms in total. The van der Waals surface area contributed by atoms with Crippen LogP contribution in [0.25, 0.3) is 0 Å². The van der Waals surface area contributed by atoms with Crippen molar-refractivity contribution in [2.75, 3.05) is 19.8 Å². The highest BCUT2D eigenvalue weighted by atomic mass is 32.2. The second kappa shape index (κ2) is 5.82. The van der Waals surface area contributed by atoms with Crippen molar-refractivity contribution in [1.29, 1.82) is 0 Å². The molecule has 1 saturated heterocycles. The van der Waals surface area contributed by atoms with Crippen LogP contribution in [0.5, 0.6) is 11.5 Å². The molecule has 1 aromatic carbocycles. The lowest BCUT2D eigenvalue weighted by Crippen LogP contribution is -2.51. The molecule has 2 unspecified atom stereocenters. The van der Waals surface area contributed by atoms with Crippen LogP contribution in [0, 0.1) is 0 Å². The van der Waals surface area contributed by atoms with E-state index < -0.39 is 10.0 Å². The standard InChI is InChI=1S/C14H20N2O4S/c1-10-11(4-3-7-15-10)16-21(17,18)13-6-2-5-12-14(13)20-9-8-19-12/h2,5-6,10-11,15-16H,3-4,7-9H2,1H3. The maximum absolute atomic E-state index is 12.6. The molecular formula is C14H20N2O4S. The zero-order chi connectivity index (χ0) is 14.9. The Morgan fingerprint density at radius 1 is 1.29 bits per heavy atom. The van der Waals surface area contributed by atoms with Crippen molar-refractivity contribution in [3.63, 3.8) is 0 Å². The summed E-state index contributed by atoms with van der Waals surface area (Å²) < 4.78 is 39.0. The van der Waals surface area contributed by atoms with E-state index in [2.05, 4.69) is 10.0 Å². The molecule has 2 aliphatic heterocycles. The second-order valence-electron chi connectivity index (χ2n) is 5.39. The first-order chi connectivity index (χ1) is 10.1. The van der Waals surface area contributed by atoms with Gasteiger partial charge in [-0.05, 0) is 38.4 Å². The molecule has 2 aliphatic rings. The van der Waals surface area contributed by atoms with Gasteiger partial charge in [0.1, 0.15) is 18.1 Å². The van der Waals surface area contributed by atoms with E-state index in [1.165, 1.54) is 0 Å². The number of ether oxygens (including phenoxy) is 2. The fourth-order valence-corrected chi connectivity index (χ4v) is 4.24. The SMILES string of the molecule is CC1NCCCC1NS(=O)(=O)c1cccc2c1OCCO2. The minimum atomic E-state index is -3.63. The van der Waals surface area contributed by atoms with E-state index in [0.29, 0.717) is 24.7 Å². The van der Waals surface area contributed by atoms with Gasteiger partial charge in [0.15, 0.2) is 11.5 Å². The lowest BCUT2D eigenvalue weighted by molar-refractivity contribution is 0.167. The normalized spacial score (nSPS) is 25.6. The molecule has 0 saturated carbocycles. The van der Waals surface area contributed by atoms with Crippen LogP contribution in [0.1, 0.15) is 19.8 Å². The third-order valence-corrected chi connectivity index (χ3v) is 5.40. The fourth-order valence-electron chi connectivity index (χ4n) is 2.73. The summed E-state index contributed by atoms with van der Waals surface area (Å²) in [5.41, 5.74) is 0. The van der Waals surface area contributed by atoms with E-state index in [9.17, 15) is 8.42 Å². The van der Waals surface area contributed by atoms with Crippen molar-refractivity contribution in [1.82, 2.24) is 10.0 Å². The number of hydrogen-bond donors (Lipinski definition) is 2. The van der Waals surface area contributed by atoms with Crippen molar-refractivity contribution < 1.29 is 17.9 Å². The van der Waals surface area contributed by atoms with Gasteiger partial charge in [-0.3, -0.25) is 0 Å². The Morgan fingerprint density at radius 3 is 2.90 bits per heavy atom. The topological polar surface area (TPSA) is 76.7 Å². The predicted molar refractivity (Wildman–Crippen MR) is 78.2 cm³/mol. The minimum absolute atomic E-state index is 0.107. The van der Waals surface area contributed by atoms with Crippen LogP contribution in [-0.2, 0) is 10.0 Å². The largest absolute Gasteiger partial charge is 0.486 e. The molecule has 0 aliphatic carbocycles. The first-order valence-corrected chi connectivity index (χ1v) is 8.70. The van der Waals surface area contributed by atoms with Crippen molar-refractivity contribution in [3.8, 4) is 11.5 Å². The number of sulfonamides is 1. The summed E-state index contributed by atoms with van der Waals surface area (Å²) in [6, 6.07) is 4.95. The summed E-state index contributed by atoms with van der Waals surface area (Å²) in [5, 5.41) is 3.29. The third-order valence-electron chi connectivity index (χ3n) is 3.89. The molecule has 0 aromatic heterocycles. The third kappa shape index (κ3) is 3.00. The van der Waals surface area contributed by atoms with Crippen molar-refractivity contribution >= 4 is 10.0 Å². The van der Waals surface area contributed by atoms with Gasteiger partial charge in [0.25, 0.3) is 0 Å². The summed E-state index contributed by atoms with van der Waals surface area (Å²) in [7, 11) is -3.63. The summed E-state index contributed by atoms with van der Waals surface area (Å²) in [6.07, 6.45) is 1.80. The van der Waals surface area contributed by atoms with Gasteiger partial charge in [-0.15, -0.1) is 0 Å². The maximum Gasteiger partial charge on any atom is 0.244 e. The van der Waals surface area contributed by atoms with Crippen molar-refractivity contribution in [2.24, 2.45) is 0 Å². The van der Waals surface area contributed by atoms with Crippen LogP contribution in [0.4, 0.5) is 0 Å². The quantitative estimate of drug-likeness (QED) is 0.866. The number of hydrogen-bond acceptors (Lipinski definition) is 5. The van der Waals surface area contributed by atoms with E-state index >= 15 is 0 Å². The van der Waals surface area contributed by atoms with E-state index in [-0.39, 0.29) is 17.0 Å². The molecule has 7 heteroatoms. The summed E-state index contributed by atoms with van der Waals surface area (Å²) in [6.45, 7) is 3.72. The highest BCUT2D eigenvalue weighted by Gasteiger charge is 2.30. The summed E-state index contributed by atoms with van der Waals surface area (Å²) in [5.74, 6) is 0.798. The molecule has 3 rings (SSSR count). The number of para-hydroxylation sites is 1. The molecule has 0 radical (unpaired) electrons. The summed E-state index contributed by atoms with van der Waals surface area (Å²) in [4.78, 5) is 0.150. The monoisotopic (exact) mass is 312 g/mol. The van der Waals surface area contributed by atoms with Crippen LogP contribution in [0.2, 0.25) is 0 Å². The number of rotatable bonds is 3. The molecule has 0 spiro atoms. The molecule has 2 atom stereocenters. The average Bonchev–Trinajstić information content (AvgIpc) is 2.49. The van der Waals surface area contributed by atoms with Gasteiger partial charge < -0.3 is 14.8 Å². The fraction of sp³-hybridized carbons (Fsp3) is 0.571. The Kier molecular flexibility index (Phi) is 4.05. The number of fused-ring (bicyclic) bond motifs is 1. The predicted octanol–water partition coefficient (Wildman–Crippen LogP) is 0.877. The van der Waals surface area contributed by atoms with Crippen LogP contribution in [-0.4, -0.2) is 40.3 Å². The molecule has 116 valence electrons. The van der Waals surface area contributed by atoms with Crippen LogP contribution in [0.15, 0.2) is 23.1 Å². The molecule has 2 heterocycles. The molecule has 0 bridgehead atoms. The lowest BCUT2D eigenvalue weighted by Gasteiger charge is -2.30. The van der Waals surface area contributed by atoms with E-state index in [1.54, 1.807) is 18.2 Å². The van der Waals surface area contributed by atoms with Crippen LogP contribution < -0.4 is 19.5 Å². The first-order valence-electron chi connectivity index (χ1n) is 7.22. The van der Waals surface area contributed by atoms with Gasteiger partial charge in [0.2, 0.25) is 10.0 Å². The summed E-state index contributed by atoms with van der Waals surface area (Å²) >= 11 is 0. The number of piperidine rings is 1. The van der Waals surface area contributed by atoms with Crippen molar-refractivity contribution in [2.45, 2.75) is 36.7 Å². The lowest BCUT2D eigenvalue weighted by atomic mass is 10.0. The Morgan fingerprint density at radius 2 is 2.10 bits per heavy atom. The average molecular weight is 312 g/mol. The Balaban J connectivity index is 1.88. The van der Waals surface area contributed by atoms with E-state index in [0.717, 1.165) is 19.4 Å². The van der Waals surface area contributed by atoms with E-state index in [4.69, 9.17) is 9.47 Å². The molecule has 2 N–H and O–H groups in total. The molecule has 1 aromatic rings. The minimum Gasteiger partial charge on any atom is -0.486 e. The molecular weight excluding hydrogens is 292 g/mol. The Labute approximate surface area is 124 Å². The Bertz CT molecular complexity index is 617. The van der Waals surface area contributed by atoms with Gasteiger partial charge in [-0.1, -0.05) is 6.07 Å². The van der Waals surface area contributed by atoms with E-state index in [1.807, 2.05) is 6.92 Å². The second-order valence-corrected chi connectivity index (χ2v) is 7.08. The van der Waals surface area contributed by atoms with Crippen LogP contribution >= 0.6 is 0 Å². The zero-order valence-corrected chi connectivity index (χ0v) is 12.8. The van der Waals surface area contributed by atoms with Gasteiger partial charge in [0, 0.05) is 12.1 Å².